The molecule has 0 aliphatic carbocycles. The lowest BCUT2D eigenvalue weighted by atomic mass is 9.92. The fourth-order valence-corrected chi connectivity index (χ4v) is 4.94. The average Bonchev–Trinajstić information content (AvgIpc) is 2.90. The molecule has 1 N–H and O–H groups in total. The first-order valence-electron chi connectivity index (χ1n) is 12.8. The Balaban J connectivity index is 1.34. The Kier molecular flexibility index (Phi) is 8.78. The van der Waals surface area contributed by atoms with Crippen molar-refractivity contribution in [3.05, 3.63) is 65.2 Å². The maximum atomic E-state index is 12.5. The van der Waals surface area contributed by atoms with Crippen molar-refractivity contribution >= 4 is 23.7 Å². The number of carboxylic acids is 1. The number of carbonyl (C=O) groups excluding carboxylic acids is 2. The van der Waals surface area contributed by atoms with Crippen LogP contribution in [0.3, 0.4) is 0 Å². The molecule has 37 heavy (non-hydrogen) atoms. The van der Waals surface area contributed by atoms with Gasteiger partial charge in [-0.05, 0) is 55.0 Å². The number of hydroxylamine groups is 1. The van der Waals surface area contributed by atoms with Gasteiger partial charge in [0.2, 0.25) is 5.91 Å². The van der Waals surface area contributed by atoms with Crippen molar-refractivity contribution in [1.82, 2.24) is 9.80 Å². The topological polar surface area (TPSA) is 99.6 Å². The molecular formula is C28H35N3O6. The molecular weight excluding hydrogens is 474 g/mol. The molecule has 2 heterocycles. The summed E-state index contributed by atoms with van der Waals surface area (Å²) in [6.07, 6.45) is 1.56. The lowest BCUT2D eigenvalue weighted by Crippen LogP contribution is -2.44. The van der Waals surface area contributed by atoms with Crippen molar-refractivity contribution in [2.45, 2.75) is 58.3 Å². The van der Waals surface area contributed by atoms with Crippen LogP contribution in [-0.2, 0) is 32.2 Å². The Morgan fingerprint density at radius 1 is 1.05 bits per heavy atom. The van der Waals surface area contributed by atoms with Gasteiger partial charge in [-0.3, -0.25) is 19.3 Å². The number of fused-ring (bicyclic) bond motifs is 1. The van der Waals surface area contributed by atoms with Gasteiger partial charge in [-0.25, -0.2) is 4.79 Å². The second-order valence-electron chi connectivity index (χ2n) is 9.63. The van der Waals surface area contributed by atoms with Gasteiger partial charge in [0.05, 0.1) is 18.2 Å². The van der Waals surface area contributed by atoms with Gasteiger partial charge in [0.15, 0.2) is 0 Å². The average molecular weight is 510 g/mol. The minimum Gasteiger partial charge on any atom is -0.481 e. The molecule has 1 unspecified atom stereocenters. The molecule has 1 fully saturated rings. The van der Waals surface area contributed by atoms with Crippen molar-refractivity contribution in [2.24, 2.45) is 0 Å². The Hall–Kier alpha value is -3.43. The highest BCUT2D eigenvalue weighted by atomic mass is 16.7. The molecule has 2 aliphatic heterocycles. The maximum absolute atomic E-state index is 12.5. The van der Waals surface area contributed by atoms with Crippen molar-refractivity contribution in [2.75, 3.05) is 31.2 Å². The second-order valence-corrected chi connectivity index (χ2v) is 9.63. The third-order valence-electron chi connectivity index (χ3n) is 7.09. The number of carboxylic acid groups (broad SMARTS) is 1. The minimum atomic E-state index is -0.807. The molecule has 2 aromatic carbocycles. The van der Waals surface area contributed by atoms with E-state index in [0.29, 0.717) is 38.2 Å². The number of rotatable bonds is 8. The van der Waals surface area contributed by atoms with Gasteiger partial charge < -0.3 is 14.7 Å². The van der Waals surface area contributed by atoms with Crippen LogP contribution >= 0.6 is 0 Å². The molecule has 198 valence electrons. The largest absolute Gasteiger partial charge is 0.481 e. The van der Waals surface area contributed by atoms with E-state index < -0.39 is 5.97 Å². The van der Waals surface area contributed by atoms with E-state index >= 15 is 0 Å². The van der Waals surface area contributed by atoms with Crippen LogP contribution in [0.25, 0.3) is 0 Å². The summed E-state index contributed by atoms with van der Waals surface area (Å²) in [6.45, 7) is 6.04. The standard InChI is InChI=1S/C28H35N3O6/c1-20-26-18-24(9-8-23(26)10-14-29(20)17-13-27(33)34)31(21(2)32)37-25-11-15-30(16-12-25)28(35)36-19-22-6-4-3-5-7-22/h3-9,18,20,25H,10-17,19H2,1-2H3,(H,33,34). The van der Waals surface area contributed by atoms with Gasteiger partial charge >= 0.3 is 12.1 Å². The predicted molar refractivity (Wildman–Crippen MR) is 138 cm³/mol. The molecule has 1 atom stereocenters. The number of piperidine rings is 1. The normalized spacial score (nSPS) is 18.2. The lowest BCUT2D eigenvalue weighted by Gasteiger charge is -2.36. The lowest BCUT2D eigenvalue weighted by molar-refractivity contribution is -0.137. The van der Waals surface area contributed by atoms with Crippen LogP contribution in [0, 0.1) is 0 Å². The molecule has 0 spiro atoms. The summed E-state index contributed by atoms with van der Waals surface area (Å²) >= 11 is 0. The molecule has 0 bridgehead atoms. The molecule has 1 saturated heterocycles. The van der Waals surface area contributed by atoms with Crippen molar-refractivity contribution in [1.29, 1.82) is 0 Å². The first-order valence-corrected chi connectivity index (χ1v) is 12.8. The van der Waals surface area contributed by atoms with Gasteiger partial charge in [0.25, 0.3) is 0 Å². The number of aliphatic carboxylic acids is 1. The van der Waals surface area contributed by atoms with E-state index in [0.717, 1.165) is 24.1 Å². The number of benzene rings is 2. The molecule has 2 aliphatic rings. The van der Waals surface area contributed by atoms with E-state index in [4.69, 9.17) is 14.7 Å². The highest BCUT2D eigenvalue weighted by Gasteiger charge is 2.29. The second kappa shape index (κ2) is 12.2. The summed E-state index contributed by atoms with van der Waals surface area (Å²) in [5, 5.41) is 10.4. The number of hydrogen-bond donors (Lipinski definition) is 1. The van der Waals surface area contributed by atoms with Gasteiger partial charge in [-0.1, -0.05) is 36.4 Å². The van der Waals surface area contributed by atoms with E-state index in [9.17, 15) is 14.4 Å². The zero-order chi connectivity index (χ0) is 26.4. The smallest absolute Gasteiger partial charge is 0.410 e. The van der Waals surface area contributed by atoms with E-state index in [1.54, 1.807) is 4.90 Å². The van der Waals surface area contributed by atoms with Crippen LogP contribution in [0.1, 0.15) is 55.8 Å². The van der Waals surface area contributed by atoms with Crippen LogP contribution in [0.4, 0.5) is 10.5 Å². The summed E-state index contributed by atoms with van der Waals surface area (Å²) in [5.41, 5.74) is 3.88. The van der Waals surface area contributed by atoms with Crippen LogP contribution < -0.4 is 5.06 Å². The number of hydrogen-bond acceptors (Lipinski definition) is 6. The van der Waals surface area contributed by atoms with E-state index in [2.05, 4.69) is 11.8 Å². The third kappa shape index (κ3) is 6.87. The monoisotopic (exact) mass is 509 g/mol. The Morgan fingerprint density at radius 2 is 1.78 bits per heavy atom. The Bertz CT molecular complexity index is 1100. The summed E-state index contributed by atoms with van der Waals surface area (Å²) in [4.78, 5) is 46.0. The quantitative estimate of drug-likeness (QED) is 0.533. The predicted octanol–water partition coefficient (Wildman–Crippen LogP) is 4.17. The highest BCUT2D eigenvalue weighted by molar-refractivity contribution is 5.89. The van der Waals surface area contributed by atoms with Crippen molar-refractivity contribution in [3.8, 4) is 0 Å². The summed E-state index contributed by atoms with van der Waals surface area (Å²) < 4.78 is 5.44. The zero-order valence-electron chi connectivity index (χ0n) is 21.5. The van der Waals surface area contributed by atoms with Crippen LogP contribution in [-0.4, -0.2) is 65.2 Å². The number of ether oxygens (including phenoxy) is 1. The third-order valence-corrected chi connectivity index (χ3v) is 7.09. The van der Waals surface area contributed by atoms with E-state index in [-0.39, 0.29) is 37.2 Å². The molecule has 9 heteroatoms. The van der Waals surface area contributed by atoms with Crippen LogP contribution in [0.5, 0.6) is 0 Å². The minimum absolute atomic E-state index is 0.0435. The SMILES string of the molecule is CC(=O)N(OC1CCN(C(=O)OCc2ccccc2)CC1)c1ccc2c(c1)C(C)N(CCC(=O)O)CC2. The number of anilines is 1. The molecule has 4 rings (SSSR count). The first-order chi connectivity index (χ1) is 17.8. The maximum Gasteiger partial charge on any atom is 0.410 e. The molecule has 2 aromatic rings. The first kappa shape index (κ1) is 26.6. The Labute approximate surface area is 217 Å². The highest BCUT2D eigenvalue weighted by Crippen LogP contribution is 2.33. The number of nitrogens with zero attached hydrogens (tertiary/aromatic N) is 3. The van der Waals surface area contributed by atoms with Crippen molar-refractivity contribution < 1.29 is 29.1 Å². The van der Waals surface area contributed by atoms with E-state index in [1.807, 2.05) is 48.5 Å². The van der Waals surface area contributed by atoms with Crippen LogP contribution in [0.2, 0.25) is 0 Å². The zero-order valence-corrected chi connectivity index (χ0v) is 21.5. The van der Waals surface area contributed by atoms with Gasteiger partial charge in [-0.15, -0.1) is 0 Å². The van der Waals surface area contributed by atoms with Gasteiger partial charge in [0.1, 0.15) is 6.61 Å². The van der Waals surface area contributed by atoms with Gasteiger partial charge in [0, 0.05) is 39.1 Å². The molecule has 9 nitrogen and oxygen atoms in total. The Morgan fingerprint density at radius 3 is 2.46 bits per heavy atom. The molecule has 0 saturated carbocycles. The van der Waals surface area contributed by atoms with Crippen molar-refractivity contribution in [3.63, 3.8) is 0 Å². The summed E-state index contributed by atoms with van der Waals surface area (Å²) in [7, 11) is 0. The fourth-order valence-electron chi connectivity index (χ4n) is 4.94. The molecule has 0 radical (unpaired) electrons. The van der Waals surface area contributed by atoms with Crippen LogP contribution in [0.15, 0.2) is 48.5 Å². The van der Waals surface area contributed by atoms with E-state index in [1.165, 1.54) is 17.6 Å². The number of amides is 2. The fraction of sp³-hybridized carbons (Fsp3) is 0.464. The molecule has 2 amide bonds. The number of likely N-dealkylation sites (tertiary alicyclic amines) is 1. The molecule has 0 aromatic heterocycles. The summed E-state index contributed by atoms with van der Waals surface area (Å²) in [5.74, 6) is -1.03. The summed E-state index contributed by atoms with van der Waals surface area (Å²) in [6, 6.07) is 15.5. The number of carbonyl (C=O) groups is 3. The van der Waals surface area contributed by atoms with Gasteiger partial charge in [-0.2, -0.15) is 5.06 Å².